The minimum atomic E-state index is -0.413. The Kier molecular flexibility index (Phi) is 4.61. The lowest BCUT2D eigenvalue weighted by molar-refractivity contribution is -0.0284. The highest BCUT2D eigenvalue weighted by atomic mass is 32.2. The van der Waals surface area contributed by atoms with Gasteiger partial charge in [0.2, 0.25) is 0 Å². The molecule has 0 unspecified atom stereocenters. The fourth-order valence-corrected chi connectivity index (χ4v) is 4.26. The zero-order valence-corrected chi connectivity index (χ0v) is 16.9. The van der Waals surface area contributed by atoms with E-state index in [9.17, 15) is 0 Å². The second-order valence-corrected chi connectivity index (χ2v) is 8.03. The van der Waals surface area contributed by atoms with Gasteiger partial charge in [-0.15, -0.1) is 5.10 Å². The van der Waals surface area contributed by atoms with Crippen molar-refractivity contribution >= 4 is 11.8 Å². The summed E-state index contributed by atoms with van der Waals surface area (Å²) < 4.78 is 8.03. The molecule has 1 atom stereocenters. The minimum Gasteiger partial charge on any atom is -0.348 e. The van der Waals surface area contributed by atoms with Crippen LogP contribution < -0.4 is 0 Å². The Morgan fingerprint density at radius 2 is 1.83 bits per heavy atom. The molecule has 0 saturated heterocycles. The predicted molar refractivity (Wildman–Crippen MR) is 111 cm³/mol. The minimum absolute atomic E-state index is 0.0189. The Bertz CT molecular complexity index is 1140. The number of benzene rings is 1. The van der Waals surface area contributed by atoms with Gasteiger partial charge in [-0.1, -0.05) is 30.3 Å². The van der Waals surface area contributed by atoms with E-state index in [0.717, 1.165) is 32.4 Å². The van der Waals surface area contributed by atoms with E-state index in [1.807, 2.05) is 55.1 Å². The largest absolute Gasteiger partial charge is 0.348 e. The topological polar surface area (TPSA) is 65.7 Å². The Balaban J connectivity index is 1.59. The van der Waals surface area contributed by atoms with Gasteiger partial charge < -0.3 is 4.74 Å². The Hall–Kier alpha value is -3.03. The highest BCUT2D eigenvalue weighted by molar-refractivity contribution is 7.99. The third-order valence-corrected chi connectivity index (χ3v) is 5.57. The molecular weight excluding hydrogens is 382 g/mol. The first-order chi connectivity index (χ1) is 14.2. The molecule has 0 radical (unpaired) electrons. The quantitative estimate of drug-likeness (QED) is 0.488. The van der Waals surface area contributed by atoms with Gasteiger partial charge in [0.05, 0.1) is 6.10 Å². The number of ether oxygens (including phenoxy) is 1. The van der Waals surface area contributed by atoms with Crippen LogP contribution in [-0.4, -0.2) is 30.8 Å². The monoisotopic (exact) mass is 401 g/mol. The lowest BCUT2D eigenvalue weighted by Crippen LogP contribution is -2.24. The van der Waals surface area contributed by atoms with E-state index >= 15 is 0 Å². The van der Waals surface area contributed by atoms with Crippen molar-refractivity contribution in [2.45, 2.75) is 36.2 Å². The highest BCUT2D eigenvalue weighted by Crippen LogP contribution is 2.42. The van der Waals surface area contributed by atoms with Crippen molar-refractivity contribution in [3.63, 3.8) is 0 Å². The van der Waals surface area contributed by atoms with Crippen LogP contribution in [0.4, 0.5) is 0 Å². The predicted octanol–water partition coefficient (Wildman–Crippen LogP) is 4.84. The van der Waals surface area contributed by atoms with E-state index in [4.69, 9.17) is 19.8 Å². The first-order valence-electron chi connectivity index (χ1n) is 9.44. The lowest BCUT2D eigenvalue weighted by Gasteiger charge is -2.26. The van der Waals surface area contributed by atoms with Crippen LogP contribution in [0, 0.1) is 0 Å². The summed E-state index contributed by atoms with van der Waals surface area (Å²) in [6.45, 7) is 4.02. The number of hydrogen-bond acceptors (Lipinski definition) is 6. The number of pyridine rings is 2. The van der Waals surface area contributed by atoms with Crippen LogP contribution in [0.1, 0.15) is 25.8 Å². The third kappa shape index (κ3) is 3.43. The highest BCUT2D eigenvalue weighted by Gasteiger charge is 2.32. The Labute approximate surface area is 173 Å². The second-order valence-electron chi connectivity index (χ2n) is 7.02. The number of fused-ring (bicyclic) bond motifs is 2. The van der Waals surface area contributed by atoms with Gasteiger partial charge in [0.15, 0.2) is 17.2 Å². The molecule has 5 rings (SSSR count). The molecule has 0 N–H and O–H groups in total. The van der Waals surface area contributed by atoms with Crippen LogP contribution in [0.2, 0.25) is 0 Å². The van der Waals surface area contributed by atoms with Crippen molar-refractivity contribution in [2.24, 2.45) is 0 Å². The zero-order valence-electron chi connectivity index (χ0n) is 16.1. The van der Waals surface area contributed by atoms with Crippen molar-refractivity contribution < 1.29 is 4.74 Å². The van der Waals surface area contributed by atoms with E-state index in [2.05, 4.69) is 23.2 Å². The van der Waals surface area contributed by atoms with E-state index < -0.39 is 6.23 Å². The zero-order chi connectivity index (χ0) is 19.8. The van der Waals surface area contributed by atoms with Gasteiger partial charge in [0.1, 0.15) is 5.69 Å². The molecule has 4 aromatic rings. The number of hydrogen-bond donors (Lipinski definition) is 0. The van der Waals surface area contributed by atoms with E-state index in [1.165, 1.54) is 0 Å². The summed E-state index contributed by atoms with van der Waals surface area (Å²) in [6.07, 6.45) is 5.01. The summed E-state index contributed by atoms with van der Waals surface area (Å²) in [4.78, 5) is 14.7. The van der Waals surface area contributed by atoms with Crippen LogP contribution in [0.3, 0.4) is 0 Å². The molecule has 0 saturated carbocycles. The van der Waals surface area contributed by atoms with Crippen LogP contribution in [0.5, 0.6) is 0 Å². The van der Waals surface area contributed by atoms with Crippen LogP contribution in [0.25, 0.3) is 22.5 Å². The van der Waals surface area contributed by atoms with Crippen LogP contribution in [0.15, 0.2) is 77.2 Å². The molecule has 0 fully saturated rings. The molecule has 0 aliphatic carbocycles. The standard InChI is InChI=1S/C22H19N5OS/c1-14(2)28-21-19-18(11-17(13-24-19)15-7-4-3-5-8-15)29-22-25-20(26-27(21)22)16-9-6-10-23-12-16/h3-14,21H,1-2H3/t21-/m0/s1. The summed E-state index contributed by atoms with van der Waals surface area (Å²) in [5.41, 5.74) is 3.94. The van der Waals surface area contributed by atoms with Gasteiger partial charge in [-0.2, -0.15) is 0 Å². The summed E-state index contributed by atoms with van der Waals surface area (Å²) in [5.74, 6) is 0.633. The molecular formula is C22H19N5OS. The van der Waals surface area contributed by atoms with Crippen molar-refractivity contribution in [3.8, 4) is 22.5 Å². The first kappa shape index (κ1) is 18.0. The number of rotatable bonds is 4. The van der Waals surface area contributed by atoms with Gasteiger partial charge in [0, 0.05) is 34.6 Å². The molecule has 3 aromatic heterocycles. The van der Waals surface area contributed by atoms with E-state index in [-0.39, 0.29) is 6.10 Å². The molecule has 1 aliphatic rings. The van der Waals surface area contributed by atoms with E-state index in [0.29, 0.717) is 5.82 Å². The molecule has 0 bridgehead atoms. The number of aromatic nitrogens is 5. The van der Waals surface area contributed by atoms with Crippen molar-refractivity contribution in [1.82, 2.24) is 24.7 Å². The third-order valence-electron chi connectivity index (χ3n) is 4.57. The summed E-state index contributed by atoms with van der Waals surface area (Å²) >= 11 is 1.56. The van der Waals surface area contributed by atoms with Crippen molar-refractivity contribution in [3.05, 3.63) is 72.8 Å². The molecule has 1 aliphatic heterocycles. The van der Waals surface area contributed by atoms with E-state index in [1.54, 1.807) is 24.2 Å². The average Bonchev–Trinajstić information content (AvgIpc) is 3.18. The molecule has 0 spiro atoms. The smallest absolute Gasteiger partial charge is 0.197 e. The molecule has 29 heavy (non-hydrogen) atoms. The summed E-state index contributed by atoms with van der Waals surface area (Å²) in [5, 5.41) is 5.50. The summed E-state index contributed by atoms with van der Waals surface area (Å²) in [6, 6.07) is 16.2. The average molecular weight is 401 g/mol. The van der Waals surface area contributed by atoms with Gasteiger partial charge in [-0.25, -0.2) is 9.67 Å². The Morgan fingerprint density at radius 3 is 2.59 bits per heavy atom. The SMILES string of the molecule is CC(C)O[C@H]1c2ncc(-c3ccccc3)cc2Sc2nc(-c3cccnc3)nn21. The maximum atomic E-state index is 6.21. The molecule has 7 heteroatoms. The normalized spacial score (nSPS) is 15.2. The maximum Gasteiger partial charge on any atom is 0.197 e. The molecule has 0 amide bonds. The molecule has 4 heterocycles. The van der Waals surface area contributed by atoms with Gasteiger partial charge in [-0.05, 0) is 49.4 Å². The van der Waals surface area contributed by atoms with Crippen molar-refractivity contribution in [1.29, 1.82) is 0 Å². The van der Waals surface area contributed by atoms with Crippen LogP contribution in [-0.2, 0) is 4.74 Å². The molecule has 6 nitrogen and oxygen atoms in total. The van der Waals surface area contributed by atoms with Crippen LogP contribution >= 0.6 is 11.8 Å². The fraction of sp³-hybridized carbons (Fsp3) is 0.182. The maximum absolute atomic E-state index is 6.21. The van der Waals surface area contributed by atoms with Gasteiger partial charge in [0.25, 0.3) is 0 Å². The molecule has 144 valence electrons. The second kappa shape index (κ2) is 7.42. The molecule has 1 aromatic carbocycles. The fourth-order valence-electron chi connectivity index (χ4n) is 3.25. The summed E-state index contributed by atoms with van der Waals surface area (Å²) in [7, 11) is 0. The number of nitrogens with zero attached hydrogens (tertiary/aromatic N) is 5. The van der Waals surface area contributed by atoms with Gasteiger partial charge >= 0.3 is 0 Å². The first-order valence-corrected chi connectivity index (χ1v) is 10.3. The van der Waals surface area contributed by atoms with Crippen molar-refractivity contribution in [2.75, 3.05) is 0 Å². The lowest BCUT2D eigenvalue weighted by atomic mass is 10.1. The van der Waals surface area contributed by atoms with Gasteiger partial charge in [-0.3, -0.25) is 9.97 Å². The Morgan fingerprint density at radius 1 is 1.00 bits per heavy atom.